The van der Waals surface area contributed by atoms with Crippen molar-refractivity contribution in [3.05, 3.63) is 88.1 Å². The molecule has 33 heavy (non-hydrogen) atoms. The molecular formula is C24H22N4O4S. The van der Waals surface area contributed by atoms with Crippen LogP contribution in [0.3, 0.4) is 0 Å². The minimum absolute atomic E-state index is 0.0941. The Morgan fingerprint density at radius 2 is 1.88 bits per heavy atom. The first-order valence-electron chi connectivity index (χ1n) is 10.2. The van der Waals surface area contributed by atoms with Crippen molar-refractivity contribution in [2.45, 2.75) is 25.5 Å². The minimum Gasteiger partial charge on any atom is -0.467 e. The van der Waals surface area contributed by atoms with Crippen molar-refractivity contribution < 1.29 is 14.0 Å². The Bertz CT molecular complexity index is 1380. The maximum absolute atomic E-state index is 13.1. The SMILES string of the molecule is Cc1cccc(NC(=O)NC(=O)CSc2nc3ccccc3c(=O)n2Cc2ccco2)c1C. The number of rotatable bonds is 6. The predicted molar refractivity (Wildman–Crippen MR) is 128 cm³/mol. The molecule has 4 aromatic rings. The average Bonchev–Trinajstić information content (AvgIpc) is 3.31. The molecular weight excluding hydrogens is 440 g/mol. The second kappa shape index (κ2) is 9.74. The second-order valence-corrected chi connectivity index (χ2v) is 8.36. The van der Waals surface area contributed by atoms with E-state index in [2.05, 4.69) is 15.6 Å². The molecule has 0 bridgehead atoms. The topological polar surface area (TPSA) is 106 Å². The van der Waals surface area contributed by atoms with Crippen molar-refractivity contribution in [1.82, 2.24) is 14.9 Å². The maximum Gasteiger partial charge on any atom is 0.325 e. The largest absolute Gasteiger partial charge is 0.467 e. The lowest BCUT2D eigenvalue weighted by Crippen LogP contribution is -2.36. The van der Waals surface area contributed by atoms with Gasteiger partial charge in [-0.2, -0.15) is 0 Å². The van der Waals surface area contributed by atoms with Crippen molar-refractivity contribution in [3.8, 4) is 0 Å². The van der Waals surface area contributed by atoms with Gasteiger partial charge in [-0.05, 0) is 55.3 Å². The molecule has 0 atom stereocenters. The summed E-state index contributed by atoms with van der Waals surface area (Å²) in [6, 6.07) is 15.5. The monoisotopic (exact) mass is 462 g/mol. The Morgan fingerprint density at radius 3 is 2.67 bits per heavy atom. The summed E-state index contributed by atoms with van der Waals surface area (Å²) in [4.78, 5) is 42.3. The summed E-state index contributed by atoms with van der Waals surface area (Å²) in [5, 5.41) is 5.85. The van der Waals surface area contributed by atoms with Crippen molar-refractivity contribution in [1.29, 1.82) is 0 Å². The first-order valence-corrected chi connectivity index (χ1v) is 11.2. The van der Waals surface area contributed by atoms with Crippen LogP contribution in [-0.4, -0.2) is 27.2 Å². The number of nitrogens with one attached hydrogen (secondary N) is 2. The lowest BCUT2D eigenvalue weighted by Gasteiger charge is -2.13. The number of thioether (sulfide) groups is 1. The van der Waals surface area contributed by atoms with E-state index in [1.54, 1.807) is 42.5 Å². The summed E-state index contributed by atoms with van der Waals surface area (Å²) >= 11 is 1.08. The number of amides is 3. The molecule has 0 saturated heterocycles. The van der Waals surface area contributed by atoms with Crippen LogP contribution in [0.2, 0.25) is 0 Å². The van der Waals surface area contributed by atoms with Gasteiger partial charge in [-0.25, -0.2) is 9.78 Å². The zero-order valence-corrected chi connectivity index (χ0v) is 18.9. The van der Waals surface area contributed by atoms with E-state index < -0.39 is 11.9 Å². The van der Waals surface area contributed by atoms with E-state index in [-0.39, 0.29) is 17.9 Å². The van der Waals surface area contributed by atoms with Crippen LogP contribution in [0.25, 0.3) is 10.9 Å². The molecule has 0 unspecified atom stereocenters. The number of hydrogen-bond acceptors (Lipinski definition) is 6. The summed E-state index contributed by atoms with van der Waals surface area (Å²) in [6.45, 7) is 4.02. The normalized spacial score (nSPS) is 10.8. The van der Waals surface area contributed by atoms with Gasteiger partial charge in [0.15, 0.2) is 5.16 Å². The molecule has 0 spiro atoms. The van der Waals surface area contributed by atoms with Crippen molar-refractivity contribution in [2.24, 2.45) is 0 Å². The van der Waals surface area contributed by atoms with E-state index in [4.69, 9.17) is 4.42 Å². The number of nitrogens with zero attached hydrogens (tertiary/aromatic N) is 2. The number of benzene rings is 2. The molecule has 0 fully saturated rings. The van der Waals surface area contributed by atoms with Crippen LogP contribution in [0.15, 0.2) is 75.2 Å². The number of carbonyl (C=O) groups is 2. The number of aryl methyl sites for hydroxylation is 1. The summed E-state index contributed by atoms with van der Waals surface area (Å²) in [6.07, 6.45) is 1.53. The van der Waals surface area contributed by atoms with Gasteiger partial charge in [0.1, 0.15) is 5.76 Å². The van der Waals surface area contributed by atoms with E-state index in [1.807, 2.05) is 26.0 Å². The molecule has 9 heteroatoms. The number of para-hydroxylation sites is 1. The average molecular weight is 463 g/mol. The molecule has 2 aromatic carbocycles. The number of furan rings is 1. The van der Waals surface area contributed by atoms with Crippen LogP contribution in [0, 0.1) is 13.8 Å². The van der Waals surface area contributed by atoms with Crippen LogP contribution < -0.4 is 16.2 Å². The quantitative estimate of drug-likeness (QED) is 0.330. The molecule has 0 saturated carbocycles. The number of urea groups is 1. The number of aromatic nitrogens is 2. The molecule has 2 heterocycles. The predicted octanol–water partition coefficient (Wildman–Crippen LogP) is 4.10. The van der Waals surface area contributed by atoms with Crippen molar-refractivity contribution in [3.63, 3.8) is 0 Å². The molecule has 2 aromatic heterocycles. The van der Waals surface area contributed by atoms with Gasteiger partial charge in [0.2, 0.25) is 5.91 Å². The summed E-state index contributed by atoms with van der Waals surface area (Å²) in [5.74, 6) is -0.00785. The molecule has 8 nitrogen and oxygen atoms in total. The van der Waals surface area contributed by atoms with Crippen LogP contribution in [-0.2, 0) is 11.3 Å². The fourth-order valence-electron chi connectivity index (χ4n) is 3.29. The highest BCUT2D eigenvalue weighted by Gasteiger charge is 2.16. The lowest BCUT2D eigenvalue weighted by atomic mass is 10.1. The Morgan fingerprint density at radius 1 is 1.06 bits per heavy atom. The highest BCUT2D eigenvalue weighted by molar-refractivity contribution is 7.99. The third-order valence-electron chi connectivity index (χ3n) is 5.16. The van der Waals surface area contributed by atoms with Gasteiger partial charge in [-0.3, -0.25) is 19.5 Å². The number of hydrogen-bond donors (Lipinski definition) is 2. The van der Waals surface area contributed by atoms with Crippen LogP contribution in [0.1, 0.15) is 16.9 Å². The smallest absolute Gasteiger partial charge is 0.325 e. The van der Waals surface area contributed by atoms with Crippen LogP contribution >= 0.6 is 11.8 Å². The molecule has 3 amide bonds. The van der Waals surface area contributed by atoms with Gasteiger partial charge in [0, 0.05) is 5.69 Å². The van der Waals surface area contributed by atoms with E-state index in [0.717, 1.165) is 22.9 Å². The van der Waals surface area contributed by atoms with E-state index in [0.29, 0.717) is 27.5 Å². The summed E-state index contributed by atoms with van der Waals surface area (Å²) < 4.78 is 6.85. The fourth-order valence-corrected chi connectivity index (χ4v) is 4.09. The molecule has 0 radical (unpaired) electrons. The summed E-state index contributed by atoms with van der Waals surface area (Å²) in [5.41, 5.74) is 2.90. The van der Waals surface area contributed by atoms with E-state index in [1.165, 1.54) is 10.8 Å². The zero-order chi connectivity index (χ0) is 23.4. The molecule has 168 valence electrons. The highest BCUT2D eigenvalue weighted by atomic mass is 32.2. The van der Waals surface area contributed by atoms with E-state index in [9.17, 15) is 14.4 Å². The van der Waals surface area contributed by atoms with Crippen molar-refractivity contribution in [2.75, 3.05) is 11.1 Å². The Hall–Kier alpha value is -3.85. The second-order valence-electron chi connectivity index (χ2n) is 7.42. The maximum atomic E-state index is 13.1. The molecule has 2 N–H and O–H groups in total. The van der Waals surface area contributed by atoms with Gasteiger partial charge >= 0.3 is 6.03 Å². The third kappa shape index (κ3) is 5.15. The number of imide groups is 1. The first kappa shape index (κ1) is 22.3. The van der Waals surface area contributed by atoms with Crippen molar-refractivity contribution >= 4 is 40.3 Å². The van der Waals surface area contributed by atoms with Gasteiger partial charge in [-0.15, -0.1) is 0 Å². The van der Waals surface area contributed by atoms with Crippen LogP contribution in [0.4, 0.5) is 10.5 Å². The molecule has 0 aliphatic carbocycles. The molecule has 4 rings (SSSR count). The van der Waals surface area contributed by atoms with Crippen LogP contribution in [0.5, 0.6) is 0 Å². The zero-order valence-electron chi connectivity index (χ0n) is 18.1. The molecule has 0 aliphatic heterocycles. The Labute approximate surface area is 194 Å². The fraction of sp³-hybridized carbons (Fsp3) is 0.167. The minimum atomic E-state index is -0.617. The summed E-state index contributed by atoms with van der Waals surface area (Å²) in [7, 11) is 0. The van der Waals surface area contributed by atoms with Gasteiger partial charge < -0.3 is 9.73 Å². The van der Waals surface area contributed by atoms with Gasteiger partial charge in [0.25, 0.3) is 5.56 Å². The Kier molecular flexibility index (Phi) is 6.60. The van der Waals surface area contributed by atoms with Gasteiger partial charge in [-0.1, -0.05) is 36.0 Å². The highest BCUT2D eigenvalue weighted by Crippen LogP contribution is 2.20. The number of carbonyl (C=O) groups excluding carboxylic acids is 2. The third-order valence-corrected chi connectivity index (χ3v) is 6.14. The number of fused-ring (bicyclic) bond motifs is 1. The Balaban J connectivity index is 1.49. The first-order chi connectivity index (χ1) is 15.9. The van der Waals surface area contributed by atoms with Gasteiger partial charge in [0.05, 0.1) is 29.5 Å². The number of anilines is 1. The lowest BCUT2D eigenvalue weighted by molar-refractivity contribution is -0.117. The van der Waals surface area contributed by atoms with E-state index >= 15 is 0 Å². The standard InChI is InChI=1S/C24H22N4O4S/c1-15-7-5-11-19(16(15)2)25-23(31)27-21(29)14-33-24-26-20-10-4-3-9-18(20)22(30)28(24)13-17-8-6-12-32-17/h3-12H,13-14H2,1-2H3,(H2,25,27,29,31). The molecule has 0 aliphatic rings.